The number of carbonyl (C=O) groups excluding carboxylic acids is 1. The molecule has 0 atom stereocenters. The molecule has 1 amide bonds. The van der Waals surface area contributed by atoms with Crippen molar-refractivity contribution in [2.45, 2.75) is 26.3 Å². The van der Waals surface area contributed by atoms with Gasteiger partial charge in [0.05, 0.1) is 18.2 Å². The predicted octanol–water partition coefficient (Wildman–Crippen LogP) is 3.58. The maximum absolute atomic E-state index is 12.7. The molecule has 3 aromatic rings. The van der Waals surface area contributed by atoms with Gasteiger partial charge >= 0.3 is 0 Å². The molecule has 2 N–H and O–H groups in total. The molecule has 0 radical (unpaired) electrons. The highest BCUT2D eigenvalue weighted by Gasteiger charge is 2.28. The van der Waals surface area contributed by atoms with Gasteiger partial charge in [0.1, 0.15) is 11.5 Å². The normalized spacial score (nSPS) is 12.9. The van der Waals surface area contributed by atoms with Gasteiger partial charge in [-0.05, 0) is 26.0 Å². The van der Waals surface area contributed by atoms with E-state index in [1.807, 2.05) is 62.4 Å². The molecule has 1 aliphatic rings. The molecule has 1 aromatic heterocycles. The highest BCUT2D eigenvalue weighted by atomic mass is 16.5. The maximum Gasteiger partial charge on any atom is 0.225 e. The Morgan fingerprint density at radius 1 is 1.08 bits per heavy atom. The van der Waals surface area contributed by atoms with Crippen molar-refractivity contribution >= 4 is 5.91 Å². The topological polar surface area (TPSA) is 67.0 Å². The fourth-order valence-corrected chi connectivity index (χ4v) is 3.27. The third-order valence-corrected chi connectivity index (χ3v) is 4.60. The average Bonchev–Trinajstić information content (AvgIpc) is 2.93. The molecule has 0 spiro atoms. The van der Waals surface area contributed by atoms with Crippen LogP contribution in [0.25, 0.3) is 0 Å². The lowest BCUT2D eigenvalue weighted by Crippen LogP contribution is -2.32. The summed E-state index contributed by atoms with van der Waals surface area (Å²) >= 11 is 0. The van der Waals surface area contributed by atoms with E-state index in [2.05, 4.69) is 15.5 Å². The number of nitrogens with zero attached hydrogens (tertiary/aromatic N) is 1. The summed E-state index contributed by atoms with van der Waals surface area (Å²) in [5.74, 6) is 1.52. The number of benzene rings is 2. The number of hydrogen-bond donors (Lipinski definition) is 2. The molecule has 0 saturated heterocycles. The second kappa shape index (κ2) is 6.09. The molecule has 0 fully saturated rings. The standard InChI is InChI=1S/C20H19N3O2/c1-12-16(13(2)23-22-12)11-19(24)21-20-14-7-3-5-9-17(14)25-18-10-6-4-8-15(18)20/h3-10,20H,11H2,1-2H3,(H,21,24)(H,22,23). The van der Waals surface area contributed by atoms with E-state index in [1.54, 1.807) is 0 Å². The number of nitrogens with one attached hydrogen (secondary N) is 2. The van der Waals surface area contributed by atoms with Crippen LogP contribution >= 0.6 is 0 Å². The Bertz CT molecular complexity index is 881. The quantitative estimate of drug-likeness (QED) is 0.770. The van der Waals surface area contributed by atoms with Crippen LogP contribution in [0.15, 0.2) is 48.5 Å². The smallest absolute Gasteiger partial charge is 0.225 e. The Labute approximate surface area is 146 Å². The molecular formula is C20H19N3O2. The van der Waals surface area contributed by atoms with E-state index >= 15 is 0 Å². The third kappa shape index (κ3) is 2.78. The number of fused-ring (bicyclic) bond motifs is 2. The van der Waals surface area contributed by atoms with Crippen molar-refractivity contribution in [2.75, 3.05) is 0 Å². The molecule has 0 unspecified atom stereocenters. The molecule has 0 aliphatic carbocycles. The lowest BCUT2D eigenvalue weighted by Gasteiger charge is -2.28. The highest BCUT2D eigenvalue weighted by Crippen LogP contribution is 2.42. The number of H-pyrrole nitrogens is 1. The first kappa shape index (κ1) is 15.4. The molecule has 5 heteroatoms. The largest absolute Gasteiger partial charge is 0.457 e. The lowest BCUT2D eigenvalue weighted by atomic mass is 9.94. The van der Waals surface area contributed by atoms with Crippen LogP contribution in [0.3, 0.4) is 0 Å². The molecule has 5 nitrogen and oxygen atoms in total. The number of aryl methyl sites for hydroxylation is 2. The number of carbonyl (C=O) groups is 1. The van der Waals surface area contributed by atoms with E-state index in [1.165, 1.54) is 0 Å². The highest BCUT2D eigenvalue weighted by molar-refractivity contribution is 5.80. The first-order valence-electron chi connectivity index (χ1n) is 8.29. The number of aromatic nitrogens is 2. The van der Waals surface area contributed by atoms with Crippen LogP contribution in [0.1, 0.15) is 34.1 Å². The van der Waals surface area contributed by atoms with Crippen LogP contribution in [-0.2, 0) is 11.2 Å². The van der Waals surface area contributed by atoms with Gasteiger partial charge in [0.15, 0.2) is 0 Å². The minimum Gasteiger partial charge on any atom is -0.457 e. The van der Waals surface area contributed by atoms with E-state index in [9.17, 15) is 4.79 Å². The lowest BCUT2D eigenvalue weighted by molar-refractivity contribution is -0.121. The Morgan fingerprint density at radius 3 is 2.24 bits per heavy atom. The number of ether oxygens (including phenoxy) is 1. The third-order valence-electron chi connectivity index (χ3n) is 4.60. The summed E-state index contributed by atoms with van der Waals surface area (Å²) in [7, 11) is 0. The molecular weight excluding hydrogens is 314 g/mol. The van der Waals surface area contributed by atoms with Crippen LogP contribution in [-0.4, -0.2) is 16.1 Å². The van der Waals surface area contributed by atoms with Crippen LogP contribution in [0.5, 0.6) is 11.5 Å². The maximum atomic E-state index is 12.7. The molecule has 126 valence electrons. The fraction of sp³-hybridized carbons (Fsp3) is 0.200. The van der Waals surface area contributed by atoms with Crippen LogP contribution < -0.4 is 10.1 Å². The number of aromatic amines is 1. The minimum absolute atomic E-state index is 0.0379. The van der Waals surface area contributed by atoms with Crippen LogP contribution in [0.2, 0.25) is 0 Å². The van der Waals surface area contributed by atoms with Gasteiger partial charge in [0.2, 0.25) is 5.91 Å². The Hall–Kier alpha value is -3.08. The first-order valence-corrected chi connectivity index (χ1v) is 8.29. The van der Waals surface area contributed by atoms with Crippen molar-refractivity contribution in [1.29, 1.82) is 0 Å². The molecule has 25 heavy (non-hydrogen) atoms. The minimum atomic E-state index is -0.221. The van der Waals surface area contributed by atoms with Crippen molar-refractivity contribution < 1.29 is 9.53 Å². The summed E-state index contributed by atoms with van der Waals surface area (Å²) in [5, 5.41) is 10.3. The van der Waals surface area contributed by atoms with Crippen LogP contribution in [0.4, 0.5) is 0 Å². The molecule has 4 rings (SSSR count). The summed E-state index contributed by atoms with van der Waals surface area (Å²) in [5.41, 5.74) is 4.68. The zero-order chi connectivity index (χ0) is 17.4. The first-order chi connectivity index (χ1) is 12.1. The predicted molar refractivity (Wildman–Crippen MR) is 94.7 cm³/mol. The number of hydrogen-bond acceptors (Lipinski definition) is 3. The molecule has 0 saturated carbocycles. The molecule has 2 heterocycles. The zero-order valence-corrected chi connectivity index (χ0v) is 14.2. The van der Waals surface area contributed by atoms with Gasteiger partial charge < -0.3 is 10.1 Å². The second-order valence-electron chi connectivity index (χ2n) is 6.27. The van der Waals surface area contributed by atoms with Crippen molar-refractivity contribution in [2.24, 2.45) is 0 Å². The number of rotatable bonds is 3. The molecule has 0 bridgehead atoms. The van der Waals surface area contributed by atoms with E-state index in [-0.39, 0.29) is 11.9 Å². The SMILES string of the molecule is Cc1n[nH]c(C)c1CC(=O)NC1c2ccccc2Oc2ccccc21. The Morgan fingerprint density at radius 2 is 1.68 bits per heavy atom. The zero-order valence-electron chi connectivity index (χ0n) is 14.2. The molecule has 2 aromatic carbocycles. The summed E-state index contributed by atoms with van der Waals surface area (Å²) < 4.78 is 5.97. The van der Waals surface area contributed by atoms with Gasteiger partial charge in [-0.3, -0.25) is 9.89 Å². The van der Waals surface area contributed by atoms with Crippen molar-refractivity contribution in [3.05, 3.63) is 76.6 Å². The number of amides is 1. The monoisotopic (exact) mass is 333 g/mol. The number of para-hydroxylation sites is 2. The van der Waals surface area contributed by atoms with Gasteiger partial charge in [-0.1, -0.05) is 36.4 Å². The van der Waals surface area contributed by atoms with Gasteiger partial charge in [-0.25, -0.2) is 0 Å². The summed E-state index contributed by atoms with van der Waals surface area (Å²) in [6, 6.07) is 15.4. The van der Waals surface area contributed by atoms with E-state index in [0.29, 0.717) is 6.42 Å². The van der Waals surface area contributed by atoms with Crippen molar-refractivity contribution in [3.63, 3.8) is 0 Å². The van der Waals surface area contributed by atoms with Gasteiger partial charge in [-0.15, -0.1) is 0 Å². The summed E-state index contributed by atoms with van der Waals surface area (Å²) in [4.78, 5) is 12.7. The van der Waals surface area contributed by atoms with Crippen LogP contribution in [0, 0.1) is 13.8 Å². The average molecular weight is 333 g/mol. The Kier molecular flexibility index (Phi) is 3.76. The summed E-state index contributed by atoms with van der Waals surface area (Å²) in [6.07, 6.45) is 0.301. The van der Waals surface area contributed by atoms with E-state index < -0.39 is 0 Å². The van der Waals surface area contributed by atoms with Gasteiger partial charge in [0.25, 0.3) is 0 Å². The van der Waals surface area contributed by atoms with Gasteiger partial charge in [0, 0.05) is 22.4 Å². The van der Waals surface area contributed by atoms with Gasteiger partial charge in [-0.2, -0.15) is 5.10 Å². The van der Waals surface area contributed by atoms with Crippen molar-refractivity contribution in [1.82, 2.24) is 15.5 Å². The van der Waals surface area contributed by atoms with E-state index in [0.717, 1.165) is 39.6 Å². The Balaban J connectivity index is 1.65. The van der Waals surface area contributed by atoms with E-state index in [4.69, 9.17) is 4.74 Å². The summed E-state index contributed by atoms with van der Waals surface area (Å²) in [6.45, 7) is 3.84. The molecule has 1 aliphatic heterocycles. The second-order valence-corrected chi connectivity index (χ2v) is 6.27. The fourth-order valence-electron chi connectivity index (χ4n) is 3.27. The van der Waals surface area contributed by atoms with Crippen molar-refractivity contribution in [3.8, 4) is 11.5 Å².